The number of rotatable bonds is 4. The number of furan rings is 1. The van der Waals surface area contributed by atoms with Crippen molar-refractivity contribution in [2.24, 2.45) is 0 Å². The van der Waals surface area contributed by atoms with Gasteiger partial charge in [0.25, 0.3) is 5.91 Å². The van der Waals surface area contributed by atoms with Gasteiger partial charge < -0.3 is 9.73 Å². The van der Waals surface area contributed by atoms with Gasteiger partial charge in [0.15, 0.2) is 0 Å². The number of hydrogen-bond donors (Lipinski definition) is 1. The van der Waals surface area contributed by atoms with Crippen LogP contribution >= 0.6 is 11.3 Å². The van der Waals surface area contributed by atoms with Crippen LogP contribution in [0.2, 0.25) is 0 Å². The van der Waals surface area contributed by atoms with Crippen LogP contribution < -0.4 is 5.32 Å². The second-order valence-corrected chi connectivity index (χ2v) is 4.54. The highest BCUT2D eigenvalue weighted by Crippen LogP contribution is 2.13. The number of hydrogen-bond acceptors (Lipinski definition) is 3. The summed E-state index contributed by atoms with van der Waals surface area (Å²) in [5.74, 6) is 0.00148. The molecule has 0 saturated heterocycles. The number of carbonyl (C=O) groups is 1. The van der Waals surface area contributed by atoms with Gasteiger partial charge in [-0.15, -0.1) is 11.3 Å². The standard InChI is InChI=1S/C12H13NO2S/c1-9-6-11(16-8-9)12(14)13-4-2-10-3-5-15-7-10/h3,5-8H,2,4H2,1H3,(H,13,14). The minimum absolute atomic E-state index is 0.00148. The first kappa shape index (κ1) is 11.0. The molecule has 0 fully saturated rings. The summed E-state index contributed by atoms with van der Waals surface area (Å²) in [5.41, 5.74) is 2.23. The molecule has 0 aromatic carbocycles. The number of thiophene rings is 1. The van der Waals surface area contributed by atoms with Gasteiger partial charge in [0.05, 0.1) is 17.4 Å². The first-order valence-corrected chi connectivity index (χ1v) is 5.98. The summed E-state index contributed by atoms with van der Waals surface area (Å²) in [7, 11) is 0. The molecule has 0 aliphatic rings. The summed E-state index contributed by atoms with van der Waals surface area (Å²) >= 11 is 1.48. The predicted molar refractivity (Wildman–Crippen MR) is 63.8 cm³/mol. The average Bonchev–Trinajstić information content (AvgIpc) is 2.89. The van der Waals surface area contributed by atoms with Crippen molar-refractivity contribution in [2.45, 2.75) is 13.3 Å². The lowest BCUT2D eigenvalue weighted by Gasteiger charge is -2.01. The molecule has 2 aromatic rings. The smallest absolute Gasteiger partial charge is 0.261 e. The molecule has 2 heterocycles. The van der Waals surface area contributed by atoms with Crippen molar-refractivity contribution in [3.63, 3.8) is 0 Å². The Kier molecular flexibility index (Phi) is 3.41. The van der Waals surface area contributed by atoms with Crippen LogP contribution in [0.1, 0.15) is 20.8 Å². The van der Waals surface area contributed by atoms with Crippen LogP contribution in [0.4, 0.5) is 0 Å². The highest BCUT2D eigenvalue weighted by atomic mass is 32.1. The molecule has 0 bridgehead atoms. The van der Waals surface area contributed by atoms with Gasteiger partial charge in [-0.05, 0) is 42.0 Å². The van der Waals surface area contributed by atoms with Gasteiger partial charge in [0.1, 0.15) is 0 Å². The Morgan fingerprint density at radius 3 is 3.06 bits per heavy atom. The van der Waals surface area contributed by atoms with Crippen molar-refractivity contribution in [1.29, 1.82) is 0 Å². The molecule has 1 amide bonds. The Hall–Kier alpha value is -1.55. The first-order valence-electron chi connectivity index (χ1n) is 5.10. The minimum Gasteiger partial charge on any atom is -0.472 e. The molecule has 0 aliphatic heterocycles. The van der Waals surface area contributed by atoms with Crippen LogP contribution in [-0.2, 0) is 6.42 Å². The Balaban J connectivity index is 1.80. The SMILES string of the molecule is Cc1csc(C(=O)NCCc2ccoc2)c1. The Bertz CT molecular complexity index is 459. The van der Waals surface area contributed by atoms with Gasteiger partial charge >= 0.3 is 0 Å². The second-order valence-electron chi connectivity index (χ2n) is 3.63. The lowest BCUT2D eigenvalue weighted by Crippen LogP contribution is -2.24. The zero-order valence-corrected chi connectivity index (χ0v) is 9.84. The topological polar surface area (TPSA) is 42.2 Å². The van der Waals surface area contributed by atoms with E-state index >= 15 is 0 Å². The van der Waals surface area contributed by atoms with E-state index < -0.39 is 0 Å². The van der Waals surface area contributed by atoms with E-state index in [1.807, 2.05) is 24.4 Å². The van der Waals surface area contributed by atoms with E-state index in [1.54, 1.807) is 12.5 Å². The van der Waals surface area contributed by atoms with Crippen molar-refractivity contribution >= 4 is 17.2 Å². The third kappa shape index (κ3) is 2.73. The summed E-state index contributed by atoms with van der Waals surface area (Å²) < 4.78 is 4.95. The van der Waals surface area contributed by atoms with Gasteiger partial charge in [0.2, 0.25) is 0 Å². The van der Waals surface area contributed by atoms with Gasteiger partial charge in [-0.3, -0.25) is 4.79 Å². The monoisotopic (exact) mass is 235 g/mol. The summed E-state index contributed by atoms with van der Waals surface area (Å²) in [5, 5.41) is 4.86. The van der Waals surface area contributed by atoms with E-state index in [-0.39, 0.29) is 5.91 Å². The molecule has 16 heavy (non-hydrogen) atoms. The van der Waals surface area contributed by atoms with Crippen molar-refractivity contribution in [3.8, 4) is 0 Å². The molecule has 0 saturated carbocycles. The van der Waals surface area contributed by atoms with Crippen LogP contribution in [0, 0.1) is 6.92 Å². The third-order valence-corrected chi connectivity index (χ3v) is 3.28. The Morgan fingerprint density at radius 1 is 1.56 bits per heavy atom. The number of aryl methyl sites for hydroxylation is 1. The van der Waals surface area contributed by atoms with Gasteiger partial charge in [-0.2, -0.15) is 0 Å². The average molecular weight is 235 g/mol. The highest BCUT2D eigenvalue weighted by molar-refractivity contribution is 7.12. The van der Waals surface area contributed by atoms with Crippen molar-refractivity contribution in [1.82, 2.24) is 5.32 Å². The van der Waals surface area contributed by atoms with Gasteiger partial charge in [0, 0.05) is 6.54 Å². The fourth-order valence-corrected chi connectivity index (χ4v) is 2.21. The molecule has 0 radical (unpaired) electrons. The van der Waals surface area contributed by atoms with E-state index in [0.717, 1.165) is 22.4 Å². The molecular weight excluding hydrogens is 222 g/mol. The van der Waals surface area contributed by atoms with Crippen LogP contribution in [0.5, 0.6) is 0 Å². The van der Waals surface area contributed by atoms with Crippen LogP contribution in [0.15, 0.2) is 34.5 Å². The maximum Gasteiger partial charge on any atom is 0.261 e. The molecular formula is C12H13NO2S. The van der Waals surface area contributed by atoms with E-state index in [9.17, 15) is 4.79 Å². The molecule has 0 spiro atoms. The molecule has 84 valence electrons. The van der Waals surface area contributed by atoms with Gasteiger partial charge in [-0.25, -0.2) is 0 Å². The molecule has 2 aromatic heterocycles. The maximum absolute atomic E-state index is 11.7. The largest absolute Gasteiger partial charge is 0.472 e. The van der Waals surface area contributed by atoms with E-state index in [0.29, 0.717) is 6.54 Å². The zero-order valence-electron chi connectivity index (χ0n) is 9.03. The van der Waals surface area contributed by atoms with Crippen LogP contribution in [0.25, 0.3) is 0 Å². The summed E-state index contributed by atoms with van der Waals surface area (Å²) in [6, 6.07) is 3.80. The Labute approximate surface area is 98.1 Å². The fourth-order valence-electron chi connectivity index (χ4n) is 1.39. The minimum atomic E-state index is 0.00148. The lowest BCUT2D eigenvalue weighted by atomic mass is 10.2. The summed E-state index contributed by atoms with van der Waals surface area (Å²) in [6.45, 7) is 2.62. The van der Waals surface area contributed by atoms with Gasteiger partial charge in [-0.1, -0.05) is 0 Å². The molecule has 0 unspecified atom stereocenters. The Morgan fingerprint density at radius 2 is 2.44 bits per heavy atom. The van der Waals surface area contributed by atoms with E-state index in [2.05, 4.69) is 5.32 Å². The molecule has 2 rings (SSSR count). The third-order valence-electron chi connectivity index (χ3n) is 2.23. The number of carbonyl (C=O) groups excluding carboxylic acids is 1. The normalized spacial score (nSPS) is 10.3. The molecule has 1 N–H and O–H groups in total. The fraction of sp³-hybridized carbons (Fsp3) is 0.250. The van der Waals surface area contributed by atoms with Crippen molar-refractivity contribution in [3.05, 3.63) is 46.0 Å². The maximum atomic E-state index is 11.7. The summed E-state index contributed by atoms with van der Waals surface area (Å²) in [6.07, 6.45) is 4.13. The highest BCUT2D eigenvalue weighted by Gasteiger charge is 2.06. The second kappa shape index (κ2) is 4.99. The lowest BCUT2D eigenvalue weighted by molar-refractivity contribution is 0.0958. The van der Waals surface area contributed by atoms with E-state index in [4.69, 9.17) is 4.42 Å². The van der Waals surface area contributed by atoms with Crippen molar-refractivity contribution < 1.29 is 9.21 Å². The quantitative estimate of drug-likeness (QED) is 0.885. The molecule has 0 atom stereocenters. The van der Waals surface area contributed by atoms with Crippen LogP contribution in [0.3, 0.4) is 0 Å². The zero-order chi connectivity index (χ0) is 11.4. The first-order chi connectivity index (χ1) is 7.75. The predicted octanol–water partition coefficient (Wildman–Crippen LogP) is 2.62. The van der Waals surface area contributed by atoms with E-state index in [1.165, 1.54) is 11.3 Å². The molecule has 3 nitrogen and oxygen atoms in total. The van der Waals surface area contributed by atoms with Crippen LogP contribution in [-0.4, -0.2) is 12.5 Å². The summed E-state index contributed by atoms with van der Waals surface area (Å²) in [4.78, 5) is 12.4. The molecule has 0 aliphatic carbocycles. The number of amides is 1. The van der Waals surface area contributed by atoms with Crippen molar-refractivity contribution in [2.75, 3.05) is 6.54 Å². The number of nitrogens with one attached hydrogen (secondary N) is 1. The molecule has 4 heteroatoms.